The molecule has 1 saturated carbocycles. The second kappa shape index (κ2) is 5.28. The molecule has 1 aliphatic rings. The first-order valence-corrected chi connectivity index (χ1v) is 7.84. The number of aromatic nitrogens is 2. The summed E-state index contributed by atoms with van der Waals surface area (Å²) in [5, 5.41) is 0. The molecule has 1 aromatic carbocycles. The van der Waals surface area contributed by atoms with Crippen LogP contribution in [-0.2, 0) is 11.4 Å². The summed E-state index contributed by atoms with van der Waals surface area (Å²) in [6.07, 6.45) is 6.28. The molecule has 2 aromatic rings. The lowest BCUT2D eigenvalue weighted by atomic mass is 9.83. The van der Waals surface area contributed by atoms with Crippen LogP contribution < -0.4 is 4.74 Å². The van der Waals surface area contributed by atoms with Crippen LogP contribution in [0.3, 0.4) is 0 Å². The molecule has 4 heteroatoms. The highest BCUT2D eigenvalue weighted by Crippen LogP contribution is 2.39. The molecule has 3 nitrogen and oxygen atoms in total. The predicted octanol–water partition coefficient (Wildman–Crippen LogP) is 4.46. The van der Waals surface area contributed by atoms with Gasteiger partial charge in [-0.25, -0.2) is 4.98 Å². The number of para-hydroxylation sites is 1. The van der Waals surface area contributed by atoms with Crippen molar-refractivity contribution >= 4 is 22.6 Å². The second-order valence-electron chi connectivity index (χ2n) is 5.88. The lowest BCUT2D eigenvalue weighted by Gasteiger charge is -2.36. The first kappa shape index (κ1) is 13.7. The molecule has 0 saturated heterocycles. The fourth-order valence-electron chi connectivity index (χ4n) is 3.52. The summed E-state index contributed by atoms with van der Waals surface area (Å²) in [6.45, 7) is 2.34. The van der Waals surface area contributed by atoms with Crippen molar-refractivity contribution in [2.75, 3.05) is 7.11 Å². The number of alkyl halides is 1. The van der Waals surface area contributed by atoms with E-state index >= 15 is 0 Å². The van der Waals surface area contributed by atoms with Crippen LogP contribution in [0.15, 0.2) is 18.2 Å². The zero-order valence-electron chi connectivity index (χ0n) is 12.2. The number of halogens is 1. The molecule has 1 heterocycles. The smallest absolute Gasteiger partial charge is 0.146 e. The van der Waals surface area contributed by atoms with E-state index in [1.807, 2.05) is 12.1 Å². The summed E-state index contributed by atoms with van der Waals surface area (Å²) in [6, 6.07) is 6.12. The van der Waals surface area contributed by atoms with Gasteiger partial charge >= 0.3 is 0 Å². The molecule has 1 fully saturated rings. The van der Waals surface area contributed by atoms with Crippen molar-refractivity contribution in [3.8, 4) is 5.75 Å². The van der Waals surface area contributed by atoms with E-state index in [0.29, 0.717) is 5.88 Å². The molecule has 1 aromatic heterocycles. The molecular weight excluding hydrogens is 272 g/mol. The van der Waals surface area contributed by atoms with E-state index < -0.39 is 0 Å². The van der Waals surface area contributed by atoms with Crippen LogP contribution in [0.5, 0.6) is 5.75 Å². The predicted molar refractivity (Wildman–Crippen MR) is 82.6 cm³/mol. The van der Waals surface area contributed by atoms with Gasteiger partial charge in [0.2, 0.25) is 0 Å². The Balaban J connectivity index is 2.22. The van der Waals surface area contributed by atoms with Crippen LogP contribution >= 0.6 is 11.6 Å². The minimum atomic E-state index is 0.129. The molecule has 0 unspecified atom stereocenters. The van der Waals surface area contributed by atoms with Gasteiger partial charge in [-0.2, -0.15) is 0 Å². The molecule has 0 atom stereocenters. The van der Waals surface area contributed by atoms with E-state index in [-0.39, 0.29) is 5.54 Å². The average molecular weight is 293 g/mol. The Morgan fingerprint density at radius 2 is 2.05 bits per heavy atom. The van der Waals surface area contributed by atoms with Crippen LogP contribution in [-0.4, -0.2) is 16.7 Å². The van der Waals surface area contributed by atoms with E-state index in [2.05, 4.69) is 17.6 Å². The Labute approximate surface area is 124 Å². The highest BCUT2D eigenvalue weighted by Gasteiger charge is 2.32. The van der Waals surface area contributed by atoms with Gasteiger partial charge < -0.3 is 9.30 Å². The molecule has 0 radical (unpaired) electrons. The number of hydrogen-bond donors (Lipinski definition) is 0. The number of fused-ring (bicyclic) bond motifs is 1. The van der Waals surface area contributed by atoms with Gasteiger partial charge in [-0.3, -0.25) is 0 Å². The maximum atomic E-state index is 6.16. The first-order chi connectivity index (χ1) is 9.69. The number of benzene rings is 1. The molecular formula is C16H21ClN2O. The minimum Gasteiger partial charge on any atom is -0.494 e. The first-order valence-electron chi connectivity index (χ1n) is 7.30. The van der Waals surface area contributed by atoms with Crippen LogP contribution in [0.1, 0.15) is 44.9 Å². The maximum Gasteiger partial charge on any atom is 0.146 e. The quantitative estimate of drug-likeness (QED) is 0.781. The van der Waals surface area contributed by atoms with E-state index in [1.54, 1.807) is 7.11 Å². The highest BCUT2D eigenvalue weighted by atomic mass is 35.5. The molecule has 20 heavy (non-hydrogen) atoms. The SMILES string of the molecule is COc1cccc2c1nc(CCl)n2C1(C)CCCCC1. The van der Waals surface area contributed by atoms with Crippen molar-refractivity contribution in [2.24, 2.45) is 0 Å². The van der Waals surface area contributed by atoms with Gasteiger partial charge in [0, 0.05) is 5.54 Å². The van der Waals surface area contributed by atoms with E-state index in [0.717, 1.165) is 22.6 Å². The lowest BCUT2D eigenvalue weighted by Crippen LogP contribution is -2.33. The van der Waals surface area contributed by atoms with Crippen molar-refractivity contribution in [1.82, 2.24) is 9.55 Å². The van der Waals surface area contributed by atoms with Crippen LogP contribution in [0.4, 0.5) is 0 Å². The van der Waals surface area contributed by atoms with Crippen LogP contribution in [0, 0.1) is 0 Å². The number of rotatable bonds is 3. The van der Waals surface area contributed by atoms with E-state index in [1.165, 1.54) is 32.1 Å². The fourth-order valence-corrected chi connectivity index (χ4v) is 3.69. The van der Waals surface area contributed by atoms with Gasteiger partial charge in [-0.05, 0) is 31.9 Å². The number of methoxy groups -OCH3 is 1. The zero-order valence-corrected chi connectivity index (χ0v) is 12.9. The Bertz CT molecular complexity index is 614. The van der Waals surface area contributed by atoms with Crippen LogP contribution in [0.25, 0.3) is 11.0 Å². The third-order valence-electron chi connectivity index (χ3n) is 4.53. The molecule has 0 N–H and O–H groups in total. The zero-order chi connectivity index (χ0) is 14.2. The number of nitrogens with zero attached hydrogens (tertiary/aromatic N) is 2. The molecule has 0 amide bonds. The summed E-state index contributed by atoms with van der Waals surface area (Å²) >= 11 is 6.16. The number of ether oxygens (including phenoxy) is 1. The van der Waals surface area contributed by atoms with E-state index in [9.17, 15) is 0 Å². The summed E-state index contributed by atoms with van der Waals surface area (Å²) < 4.78 is 7.80. The maximum absolute atomic E-state index is 6.16. The second-order valence-corrected chi connectivity index (χ2v) is 6.15. The molecule has 0 aliphatic heterocycles. The van der Waals surface area contributed by atoms with Gasteiger partial charge in [-0.1, -0.05) is 25.3 Å². The Morgan fingerprint density at radius 1 is 1.30 bits per heavy atom. The third kappa shape index (κ3) is 2.08. The van der Waals surface area contributed by atoms with Crippen molar-refractivity contribution < 1.29 is 4.74 Å². The molecule has 3 rings (SSSR count). The fraction of sp³-hybridized carbons (Fsp3) is 0.562. The summed E-state index contributed by atoms with van der Waals surface area (Å²) in [5.74, 6) is 2.22. The molecule has 108 valence electrons. The Hall–Kier alpha value is -1.22. The normalized spacial score (nSPS) is 18.4. The topological polar surface area (TPSA) is 27.1 Å². The van der Waals surface area contributed by atoms with Gasteiger partial charge in [0.1, 0.15) is 17.1 Å². The number of hydrogen-bond acceptors (Lipinski definition) is 2. The van der Waals surface area contributed by atoms with Crippen LogP contribution in [0.2, 0.25) is 0 Å². The van der Waals surface area contributed by atoms with Crippen molar-refractivity contribution in [3.05, 3.63) is 24.0 Å². The van der Waals surface area contributed by atoms with Gasteiger partial charge in [0.15, 0.2) is 0 Å². The third-order valence-corrected chi connectivity index (χ3v) is 4.77. The average Bonchev–Trinajstić information content (AvgIpc) is 2.87. The molecule has 1 aliphatic carbocycles. The van der Waals surface area contributed by atoms with Gasteiger partial charge in [-0.15, -0.1) is 11.6 Å². The van der Waals surface area contributed by atoms with Gasteiger partial charge in [0.05, 0.1) is 18.5 Å². The van der Waals surface area contributed by atoms with Gasteiger partial charge in [0.25, 0.3) is 0 Å². The largest absolute Gasteiger partial charge is 0.494 e. The summed E-state index contributed by atoms with van der Waals surface area (Å²) in [7, 11) is 1.69. The standard InChI is InChI=1S/C16H21ClN2O/c1-16(9-4-3-5-10-16)19-12-7-6-8-13(20-2)15(12)18-14(19)11-17/h6-8H,3-5,9-11H2,1-2H3. The van der Waals surface area contributed by atoms with Crippen molar-refractivity contribution in [1.29, 1.82) is 0 Å². The summed E-state index contributed by atoms with van der Waals surface area (Å²) in [5.41, 5.74) is 2.20. The van der Waals surface area contributed by atoms with Crippen molar-refractivity contribution in [2.45, 2.75) is 50.4 Å². The summed E-state index contributed by atoms with van der Waals surface area (Å²) in [4.78, 5) is 4.73. The molecule has 0 bridgehead atoms. The van der Waals surface area contributed by atoms with Crippen molar-refractivity contribution in [3.63, 3.8) is 0 Å². The Kier molecular flexibility index (Phi) is 3.63. The highest BCUT2D eigenvalue weighted by molar-refractivity contribution is 6.16. The van der Waals surface area contributed by atoms with E-state index in [4.69, 9.17) is 21.3 Å². The molecule has 0 spiro atoms. The lowest BCUT2D eigenvalue weighted by molar-refractivity contribution is 0.220. The Morgan fingerprint density at radius 3 is 2.70 bits per heavy atom. The minimum absolute atomic E-state index is 0.129. The number of imidazole rings is 1. The monoisotopic (exact) mass is 292 g/mol.